The number of aromatic nitrogens is 2. The normalized spacial score (nSPS) is 11.5. The van der Waals surface area contributed by atoms with E-state index in [1.54, 1.807) is 7.11 Å². The van der Waals surface area contributed by atoms with Crippen LogP contribution in [0.5, 0.6) is 0 Å². The van der Waals surface area contributed by atoms with E-state index in [0.717, 1.165) is 0 Å². The van der Waals surface area contributed by atoms with Gasteiger partial charge in [-0.25, -0.2) is 4.79 Å². The van der Waals surface area contributed by atoms with Crippen molar-refractivity contribution < 1.29 is 4.74 Å². The van der Waals surface area contributed by atoms with Crippen LogP contribution >= 0.6 is 0 Å². The number of H-pyrrole nitrogens is 1. The van der Waals surface area contributed by atoms with Gasteiger partial charge >= 0.3 is 5.69 Å². The number of hydrogen-bond acceptors (Lipinski definition) is 5. The lowest BCUT2D eigenvalue weighted by atomic mass is 10.1. The van der Waals surface area contributed by atoms with Crippen molar-refractivity contribution in [2.24, 2.45) is 7.05 Å². The Kier molecular flexibility index (Phi) is 3.62. The largest absolute Gasteiger partial charge is 0.383 e. The molecule has 1 aromatic heterocycles. The van der Waals surface area contributed by atoms with Gasteiger partial charge in [0.25, 0.3) is 5.56 Å². The first-order valence-electron chi connectivity index (χ1n) is 5.14. The molecule has 0 aliphatic heterocycles. The van der Waals surface area contributed by atoms with Crippen molar-refractivity contribution in [3.63, 3.8) is 0 Å². The van der Waals surface area contributed by atoms with Gasteiger partial charge in [-0.15, -0.1) is 0 Å². The Balaban J connectivity index is 3.21. The molecule has 0 aliphatic rings. The van der Waals surface area contributed by atoms with Crippen molar-refractivity contribution >= 4 is 11.5 Å². The Morgan fingerprint density at radius 2 is 2.06 bits per heavy atom. The minimum absolute atomic E-state index is 0.0999. The van der Waals surface area contributed by atoms with Gasteiger partial charge in [-0.05, 0) is 13.8 Å². The third kappa shape index (κ3) is 2.88. The van der Waals surface area contributed by atoms with Crippen LogP contribution in [0.2, 0.25) is 0 Å². The second kappa shape index (κ2) is 4.62. The number of methoxy groups -OCH3 is 1. The molecule has 0 unspecified atom stereocenters. The minimum atomic E-state index is -0.539. The number of anilines is 2. The van der Waals surface area contributed by atoms with Crippen LogP contribution in [0.1, 0.15) is 13.8 Å². The third-order valence-corrected chi connectivity index (χ3v) is 2.34. The molecule has 0 atom stereocenters. The van der Waals surface area contributed by atoms with Crippen LogP contribution < -0.4 is 22.3 Å². The van der Waals surface area contributed by atoms with E-state index in [9.17, 15) is 9.59 Å². The predicted octanol–water partition coefficient (Wildman–Crippen LogP) is -0.507. The highest BCUT2D eigenvalue weighted by molar-refractivity contribution is 5.61. The summed E-state index contributed by atoms with van der Waals surface area (Å²) >= 11 is 0. The molecule has 0 spiro atoms. The molecule has 0 saturated carbocycles. The van der Waals surface area contributed by atoms with Crippen LogP contribution in [0.15, 0.2) is 9.59 Å². The lowest BCUT2D eigenvalue weighted by molar-refractivity contribution is 0.158. The Labute approximate surface area is 98.6 Å². The van der Waals surface area contributed by atoms with Crippen molar-refractivity contribution in [2.75, 3.05) is 24.8 Å². The number of nitrogens with two attached hydrogens (primary N) is 1. The number of rotatable bonds is 4. The molecular formula is C10H18N4O3. The fraction of sp³-hybridized carbons (Fsp3) is 0.600. The molecule has 1 aromatic rings. The summed E-state index contributed by atoms with van der Waals surface area (Å²) in [7, 11) is 3.06. The van der Waals surface area contributed by atoms with Gasteiger partial charge in [-0.2, -0.15) is 0 Å². The number of aromatic amines is 1. The smallest absolute Gasteiger partial charge is 0.329 e. The summed E-state index contributed by atoms with van der Waals surface area (Å²) in [6, 6.07) is 0. The minimum Gasteiger partial charge on any atom is -0.383 e. The Morgan fingerprint density at radius 1 is 1.47 bits per heavy atom. The van der Waals surface area contributed by atoms with Gasteiger partial charge in [-0.1, -0.05) is 0 Å². The molecule has 4 N–H and O–H groups in total. The molecule has 7 heteroatoms. The summed E-state index contributed by atoms with van der Waals surface area (Å²) in [6.45, 7) is 4.12. The molecule has 1 heterocycles. The van der Waals surface area contributed by atoms with Crippen LogP contribution in [-0.4, -0.2) is 28.8 Å². The highest BCUT2D eigenvalue weighted by Gasteiger charge is 2.21. The topological polar surface area (TPSA) is 102 Å². The zero-order valence-corrected chi connectivity index (χ0v) is 10.5. The first-order valence-corrected chi connectivity index (χ1v) is 5.14. The summed E-state index contributed by atoms with van der Waals surface area (Å²) in [4.78, 5) is 25.1. The van der Waals surface area contributed by atoms with Gasteiger partial charge in [0.05, 0.1) is 12.1 Å². The van der Waals surface area contributed by atoms with E-state index in [2.05, 4.69) is 10.3 Å². The van der Waals surface area contributed by atoms with E-state index in [-0.39, 0.29) is 11.5 Å². The molecule has 0 fully saturated rings. The maximum Gasteiger partial charge on any atom is 0.329 e. The molecule has 0 radical (unpaired) electrons. The van der Waals surface area contributed by atoms with Crippen molar-refractivity contribution in [1.82, 2.24) is 9.55 Å². The predicted molar refractivity (Wildman–Crippen MR) is 66.3 cm³/mol. The van der Waals surface area contributed by atoms with Crippen molar-refractivity contribution in [2.45, 2.75) is 19.4 Å². The standard InChI is InChI=1S/C10H18N4O3/c1-10(2,5-17-4)13-6-7(11)14(3)9(16)12-8(6)15/h13H,5,11H2,1-4H3,(H,12,15,16). The van der Waals surface area contributed by atoms with Gasteiger partial charge in [0, 0.05) is 14.2 Å². The summed E-state index contributed by atoms with van der Waals surface area (Å²) in [6.07, 6.45) is 0. The van der Waals surface area contributed by atoms with Crippen LogP contribution in [0.25, 0.3) is 0 Å². The monoisotopic (exact) mass is 242 g/mol. The Hall–Kier alpha value is -1.76. The first kappa shape index (κ1) is 13.3. The van der Waals surface area contributed by atoms with E-state index in [0.29, 0.717) is 6.61 Å². The molecule has 0 amide bonds. The summed E-state index contributed by atoms with van der Waals surface area (Å²) < 4.78 is 6.20. The molecule has 0 aromatic carbocycles. The molecule has 17 heavy (non-hydrogen) atoms. The van der Waals surface area contributed by atoms with Crippen LogP contribution in [0, 0.1) is 0 Å². The van der Waals surface area contributed by atoms with E-state index < -0.39 is 16.8 Å². The summed E-state index contributed by atoms with van der Waals surface area (Å²) in [5, 5.41) is 2.97. The third-order valence-electron chi connectivity index (χ3n) is 2.34. The number of ether oxygens (including phenoxy) is 1. The highest BCUT2D eigenvalue weighted by Crippen LogP contribution is 2.15. The lowest BCUT2D eigenvalue weighted by Gasteiger charge is -2.26. The summed E-state index contributed by atoms with van der Waals surface area (Å²) in [5.74, 6) is 0.0999. The molecule has 0 aliphatic carbocycles. The van der Waals surface area contributed by atoms with Crippen LogP contribution in [0.4, 0.5) is 11.5 Å². The molecule has 7 nitrogen and oxygen atoms in total. The molecule has 0 saturated heterocycles. The lowest BCUT2D eigenvalue weighted by Crippen LogP contribution is -2.41. The van der Waals surface area contributed by atoms with Gasteiger partial charge in [-0.3, -0.25) is 14.3 Å². The van der Waals surface area contributed by atoms with Crippen LogP contribution in [-0.2, 0) is 11.8 Å². The summed E-state index contributed by atoms with van der Waals surface area (Å²) in [5.41, 5.74) is 4.37. The van der Waals surface area contributed by atoms with Gasteiger partial charge in [0.2, 0.25) is 0 Å². The molecule has 1 rings (SSSR count). The molecule has 0 bridgehead atoms. The average Bonchev–Trinajstić information content (AvgIpc) is 2.21. The highest BCUT2D eigenvalue weighted by atomic mass is 16.5. The Bertz CT molecular complexity index is 515. The van der Waals surface area contributed by atoms with Gasteiger partial charge in [0.1, 0.15) is 11.5 Å². The van der Waals surface area contributed by atoms with Crippen molar-refractivity contribution in [3.05, 3.63) is 20.8 Å². The first-order chi connectivity index (χ1) is 7.78. The maximum atomic E-state index is 11.6. The maximum absolute atomic E-state index is 11.6. The molecule has 96 valence electrons. The number of hydrogen-bond donors (Lipinski definition) is 3. The van der Waals surface area contributed by atoms with Crippen LogP contribution in [0.3, 0.4) is 0 Å². The fourth-order valence-corrected chi connectivity index (χ4v) is 1.49. The second-order valence-electron chi connectivity index (χ2n) is 4.52. The second-order valence-corrected chi connectivity index (χ2v) is 4.52. The zero-order valence-electron chi connectivity index (χ0n) is 10.5. The van der Waals surface area contributed by atoms with E-state index in [1.165, 1.54) is 11.6 Å². The van der Waals surface area contributed by atoms with E-state index >= 15 is 0 Å². The van der Waals surface area contributed by atoms with Crippen molar-refractivity contribution in [1.29, 1.82) is 0 Å². The van der Waals surface area contributed by atoms with Crippen molar-refractivity contribution in [3.8, 4) is 0 Å². The number of nitrogen functional groups attached to an aromatic ring is 1. The van der Waals surface area contributed by atoms with E-state index in [1.807, 2.05) is 13.8 Å². The number of nitrogens with zero attached hydrogens (tertiary/aromatic N) is 1. The van der Waals surface area contributed by atoms with Gasteiger partial charge in [0.15, 0.2) is 0 Å². The zero-order chi connectivity index (χ0) is 13.2. The van der Waals surface area contributed by atoms with E-state index in [4.69, 9.17) is 10.5 Å². The SMILES string of the molecule is COCC(C)(C)Nc1c(N)n(C)c(=O)[nH]c1=O. The average molecular weight is 242 g/mol. The molecular weight excluding hydrogens is 224 g/mol. The van der Waals surface area contributed by atoms with Gasteiger partial charge < -0.3 is 15.8 Å². The fourth-order valence-electron chi connectivity index (χ4n) is 1.49. The quantitative estimate of drug-likeness (QED) is 0.660. The number of nitrogens with one attached hydrogen (secondary N) is 2. The Morgan fingerprint density at radius 3 is 2.59 bits per heavy atom.